The van der Waals surface area contributed by atoms with Gasteiger partial charge in [-0.05, 0) is 35.8 Å². The van der Waals surface area contributed by atoms with E-state index >= 15 is 0 Å². The van der Waals surface area contributed by atoms with Crippen LogP contribution < -0.4 is 4.72 Å². The number of aromatic nitrogens is 1. The molecule has 0 radical (unpaired) electrons. The Morgan fingerprint density at radius 2 is 2.11 bits per heavy atom. The summed E-state index contributed by atoms with van der Waals surface area (Å²) in [7, 11) is -3.46. The molecule has 2 rings (SSSR count). The normalized spacial score (nSPS) is 11.9. The average Bonchev–Trinajstić information content (AvgIpc) is 2.82. The molecule has 0 aliphatic carbocycles. The van der Waals surface area contributed by atoms with E-state index in [0.29, 0.717) is 4.90 Å². The van der Waals surface area contributed by atoms with Crippen LogP contribution in [0.3, 0.4) is 0 Å². The van der Waals surface area contributed by atoms with Crippen molar-refractivity contribution in [3.05, 3.63) is 30.8 Å². The Bertz CT molecular complexity index is 660. The Morgan fingerprint density at radius 3 is 2.61 bits per heavy atom. The first-order valence-electron chi connectivity index (χ1n) is 5.05. The number of rotatable bonds is 4. The predicted octanol–water partition coefficient (Wildman–Crippen LogP) is 3.06. The quantitative estimate of drug-likeness (QED) is 0.904. The second kappa shape index (κ2) is 5.38. The van der Waals surface area contributed by atoms with Gasteiger partial charge in [-0.15, -0.1) is 22.7 Å². The van der Waals surface area contributed by atoms with Crippen LogP contribution in [0.25, 0.3) is 0 Å². The molecule has 0 amide bonds. The zero-order valence-electron chi connectivity index (χ0n) is 9.73. The monoisotopic (exact) mass is 366 g/mol. The fourth-order valence-corrected chi connectivity index (χ4v) is 5.63. The van der Waals surface area contributed by atoms with E-state index < -0.39 is 10.0 Å². The molecule has 0 aliphatic rings. The van der Waals surface area contributed by atoms with Crippen LogP contribution in [0, 0.1) is 13.8 Å². The molecule has 2 aromatic rings. The largest absolute Gasteiger partial charge is 0.248 e. The van der Waals surface area contributed by atoms with Crippen LogP contribution in [0.4, 0.5) is 0 Å². The van der Waals surface area contributed by atoms with Crippen molar-refractivity contribution in [3.63, 3.8) is 0 Å². The van der Waals surface area contributed by atoms with Crippen LogP contribution in [0.15, 0.2) is 20.9 Å². The highest BCUT2D eigenvalue weighted by atomic mass is 79.9. The van der Waals surface area contributed by atoms with E-state index in [2.05, 4.69) is 25.6 Å². The van der Waals surface area contributed by atoms with Crippen LogP contribution in [0.2, 0.25) is 0 Å². The minimum absolute atomic E-state index is 0.230. The average molecular weight is 367 g/mol. The molecule has 0 saturated carbocycles. The fraction of sp³-hybridized carbons (Fsp3) is 0.300. The highest BCUT2D eigenvalue weighted by molar-refractivity contribution is 9.11. The molecule has 1 N–H and O–H groups in total. The van der Waals surface area contributed by atoms with Crippen LogP contribution in [0.1, 0.15) is 14.8 Å². The van der Waals surface area contributed by atoms with E-state index in [-0.39, 0.29) is 6.54 Å². The topological polar surface area (TPSA) is 59.1 Å². The van der Waals surface area contributed by atoms with E-state index in [9.17, 15) is 8.42 Å². The molecule has 0 bridgehead atoms. The van der Waals surface area contributed by atoms with Gasteiger partial charge in [0.1, 0.15) is 5.01 Å². The number of aryl methyl sites for hydroxylation is 2. The third-order valence-corrected chi connectivity index (χ3v) is 6.34. The summed E-state index contributed by atoms with van der Waals surface area (Å²) in [6.45, 7) is 3.96. The van der Waals surface area contributed by atoms with Crippen molar-refractivity contribution in [2.75, 3.05) is 0 Å². The molecule has 18 heavy (non-hydrogen) atoms. The van der Waals surface area contributed by atoms with Crippen LogP contribution in [-0.2, 0) is 16.6 Å². The third-order valence-electron chi connectivity index (χ3n) is 2.21. The molecule has 0 unspecified atom stereocenters. The van der Waals surface area contributed by atoms with Crippen molar-refractivity contribution in [1.82, 2.24) is 9.71 Å². The molecule has 0 atom stereocenters. The van der Waals surface area contributed by atoms with Gasteiger partial charge in [0.2, 0.25) is 10.0 Å². The van der Waals surface area contributed by atoms with Crippen LogP contribution in [0.5, 0.6) is 0 Å². The highest BCUT2D eigenvalue weighted by Gasteiger charge is 2.19. The number of sulfonamides is 1. The van der Waals surface area contributed by atoms with Crippen molar-refractivity contribution < 1.29 is 8.42 Å². The first kappa shape index (κ1) is 14.1. The van der Waals surface area contributed by atoms with Gasteiger partial charge >= 0.3 is 0 Å². The Hall–Kier alpha value is -0.280. The molecule has 0 spiro atoms. The van der Waals surface area contributed by atoms with Gasteiger partial charge in [-0.2, -0.15) is 0 Å². The molecule has 8 heteroatoms. The van der Waals surface area contributed by atoms with Crippen molar-refractivity contribution in [2.45, 2.75) is 25.3 Å². The molecule has 2 heterocycles. The molecule has 0 saturated heterocycles. The van der Waals surface area contributed by atoms with Gasteiger partial charge in [0.05, 0.1) is 15.2 Å². The third kappa shape index (κ3) is 3.18. The van der Waals surface area contributed by atoms with Gasteiger partial charge in [0.15, 0.2) is 0 Å². The SMILES string of the molecule is Cc1cnc(CNS(=O)(=O)c2cc(Br)sc2C)s1. The Labute approximate surface area is 122 Å². The smallest absolute Gasteiger partial charge is 0.242 e. The molecule has 4 nitrogen and oxygen atoms in total. The molecule has 0 aliphatic heterocycles. The van der Waals surface area contributed by atoms with E-state index in [4.69, 9.17) is 0 Å². The summed E-state index contributed by atoms with van der Waals surface area (Å²) in [4.78, 5) is 6.29. The van der Waals surface area contributed by atoms with Crippen LogP contribution in [-0.4, -0.2) is 13.4 Å². The number of thiazole rings is 1. The lowest BCUT2D eigenvalue weighted by molar-refractivity contribution is 0.581. The van der Waals surface area contributed by atoms with Crippen molar-refractivity contribution >= 4 is 48.6 Å². The zero-order valence-corrected chi connectivity index (χ0v) is 13.8. The minimum atomic E-state index is -3.46. The van der Waals surface area contributed by atoms with Gasteiger partial charge in [0, 0.05) is 16.0 Å². The second-order valence-corrected chi connectivity index (χ2v) is 9.35. The molecule has 2 aromatic heterocycles. The Morgan fingerprint density at radius 1 is 1.39 bits per heavy atom. The maximum atomic E-state index is 12.1. The van der Waals surface area contributed by atoms with Crippen molar-refractivity contribution in [3.8, 4) is 0 Å². The van der Waals surface area contributed by atoms with E-state index in [1.165, 1.54) is 22.7 Å². The van der Waals surface area contributed by atoms with Gasteiger partial charge in [0.25, 0.3) is 0 Å². The standard InChI is InChI=1S/C10H11BrN2O2S3/c1-6-4-12-10(16-6)5-13-18(14,15)8-3-9(11)17-7(8)2/h3-4,13H,5H2,1-2H3. The molecule has 0 fully saturated rings. The summed E-state index contributed by atoms with van der Waals surface area (Å²) >= 11 is 6.19. The first-order valence-corrected chi connectivity index (χ1v) is 8.96. The van der Waals surface area contributed by atoms with Gasteiger partial charge in [-0.1, -0.05) is 0 Å². The first-order chi connectivity index (χ1) is 8.38. The summed E-state index contributed by atoms with van der Waals surface area (Å²) in [5, 5.41) is 0.767. The minimum Gasteiger partial charge on any atom is -0.248 e. The maximum Gasteiger partial charge on any atom is 0.242 e. The molecular weight excluding hydrogens is 356 g/mol. The molecule has 0 aromatic carbocycles. The number of nitrogens with one attached hydrogen (secondary N) is 1. The fourth-order valence-electron chi connectivity index (χ4n) is 1.42. The summed E-state index contributed by atoms with van der Waals surface area (Å²) < 4.78 is 27.6. The number of hydrogen-bond donors (Lipinski definition) is 1. The van der Waals surface area contributed by atoms with E-state index in [1.807, 2.05) is 6.92 Å². The van der Waals surface area contributed by atoms with Crippen molar-refractivity contribution in [1.29, 1.82) is 0 Å². The highest BCUT2D eigenvalue weighted by Crippen LogP contribution is 2.29. The van der Waals surface area contributed by atoms with E-state index in [1.54, 1.807) is 19.2 Å². The molecular formula is C10H11BrN2O2S3. The summed E-state index contributed by atoms with van der Waals surface area (Å²) in [5.74, 6) is 0. The molecule has 98 valence electrons. The summed E-state index contributed by atoms with van der Waals surface area (Å²) in [6, 6.07) is 1.62. The summed E-state index contributed by atoms with van der Waals surface area (Å²) in [6.07, 6.45) is 1.74. The van der Waals surface area contributed by atoms with Crippen molar-refractivity contribution in [2.24, 2.45) is 0 Å². The predicted molar refractivity (Wildman–Crippen MR) is 77.6 cm³/mol. The van der Waals surface area contributed by atoms with Gasteiger partial charge in [-0.25, -0.2) is 18.1 Å². The van der Waals surface area contributed by atoms with E-state index in [0.717, 1.165) is 18.5 Å². The lowest BCUT2D eigenvalue weighted by Gasteiger charge is -2.03. The second-order valence-electron chi connectivity index (χ2n) is 3.66. The number of hydrogen-bond acceptors (Lipinski definition) is 5. The number of halogens is 1. The Kier molecular flexibility index (Phi) is 4.22. The lowest BCUT2D eigenvalue weighted by Crippen LogP contribution is -2.23. The summed E-state index contributed by atoms with van der Waals surface area (Å²) in [5.41, 5.74) is 0. The Balaban J connectivity index is 2.15. The maximum absolute atomic E-state index is 12.1. The number of nitrogens with zero attached hydrogens (tertiary/aromatic N) is 1. The zero-order chi connectivity index (χ0) is 13.3. The lowest BCUT2D eigenvalue weighted by atomic mass is 10.5. The van der Waals surface area contributed by atoms with Crippen LogP contribution >= 0.6 is 38.6 Å². The van der Waals surface area contributed by atoms with Gasteiger partial charge in [-0.3, -0.25) is 0 Å². The number of thiophene rings is 1. The van der Waals surface area contributed by atoms with Gasteiger partial charge < -0.3 is 0 Å².